The van der Waals surface area contributed by atoms with Crippen LogP contribution in [-0.4, -0.2) is 60.6 Å². The van der Waals surface area contributed by atoms with Crippen LogP contribution < -0.4 is 0 Å². The van der Waals surface area contributed by atoms with Gasteiger partial charge in [-0.3, -0.25) is 4.79 Å². The van der Waals surface area contributed by atoms with Crippen LogP contribution in [0.2, 0.25) is 0 Å². The molecule has 2 heterocycles. The second kappa shape index (κ2) is 9.68. The Labute approximate surface area is 197 Å². The summed E-state index contributed by atoms with van der Waals surface area (Å²) in [6.07, 6.45) is 1.41. The molecule has 0 radical (unpaired) electrons. The molecule has 1 saturated heterocycles. The number of hydrogen-bond donors (Lipinski definition) is 0. The lowest BCUT2D eigenvalue weighted by molar-refractivity contribution is 0.0623. The number of carbonyl (C=O) groups excluding carboxylic acids is 2. The molecule has 1 aliphatic rings. The van der Waals surface area contributed by atoms with E-state index in [0.717, 1.165) is 9.87 Å². The van der Waals surface area contributed by atoms with E-state index in [0.29, 0.717) is 5.56 Å². The lowest BCUT2D eigenvalue weighted by Crippen LogP contribution is -2.54. The monoisotopic (exact) mass is 485 g/mol. The van der Waals surface area contributed by atoms with Gasteiger partial charge in [-0.2, -0.15) is 0 Å². The summed E-state index contributed by atoms with van der Waals surface area (Å²) in [5.74, 6) is -0.613. The van der Waals surface area contributed by atoms with Crippen LogP contribution in [0.3, 0.4) is 0 Å². The largest absolute Gasteiger partial charge is 0.459 e. The van der Waals surface area contributed by atoms with Crippen LogP contribution in [0.5, 0.6) is 0 Å². The van der Waals surface area contributed by atoms with E-state index in [1.807, 2.05) is 6.92 Å². The summed E-state index contributed by atoms with van der Waals surface area (Å²) >= 11 is 0. The number of piperazine rings is 1. The van der Waals surface area contributed by atoms with Crippen molar-refractivity contribution in [3.63, 3.8) is 0 Å². The average Bonchev–Trinajstić information content (AvgIpc) is 3.37. The first-order valence-corrected chi connectivity index (χ1v) is 12.2. The van der Waals surface area contributed by atoms with E-state index >= 15 is 0 Å². The molecule has 3 aromatic rings. The molecule has 0 atom stereocenters. The van der Waals surface area contributed by atoms with Gasteiger partial charge in [-0.15, -0.1) is 0 Å². The highest BCUT2D eigenvalue weighted by Crippen LogP contribution is 2.22. The minimum atomic E-state index is -4.22. The molecular formula is C24H24FN3O5S. The summed E-state index contributed by atoms with van der Waals surface area (Å²) in [4.78, 5) is 28.8. The molecule has 1 fully saturated rings. The number of urea groups is 1. The van der Waals surface area contributed by atoms with Crippen molar-refractivity contribution < 1.29 is 26.8 Å². The maximum absolute atomic E-state index is 13.8. The number of benzene rings is 2. The summed E-state index contributed by atoms with van der Waals surface area (Å²) in [5.41, 5.74) is 1.22. The highest BCUT2D eigenvalue weighted by molar-refractivity contribution is 7.89. The number of carbonyl (C=O) groups is 2. The van der Waals surface area contributed by atoms with Gasteiger partial charge in [0.15, 0.2) is 5.76 Å². The summed E-state index contributed by atoms with van der Waals surface area (Å²) in [5, 5.41) is 0. The molecular weight excluding hydrogens is 461 g/mol. The van der Waals surface area contributed by atoms with Crippen molar-refractivity contribution in [2.75, 3.05) is 26.2 Å². The summed E-state index contributed by atoms with van der Waals surface area (Å²) in [7, 11) is -4.22. The Kier molecular flexibility index (Phi) is 6.69. The Bertz CT molecular complexity index is 1270. The van der Waals surface area contributed by atoms with Crippen LogP contribution in [0.4, 0.5) is 9.18 Å². The lowest BCUT2D eigenvalue weighted by Gasteiger charge is -2.37. The van der Waals surface area contributed by atoms with Crippen molar-refractivity contribution in [2.24, 2.45) is 0 Å². The highest BCUT2D eigenvalue weighted by atomic mass is 32.2. The van der Waals surface area contributed by atoms with Gasteiger partial charge in [-0.1, -0.05) is 29.8 Å². The predicted octanol–water partition coefficient (Wildman–Crippen LogP) is 3.50. The molecule has 0 spiro atoms. The Balaban J connectivity index is 1.56. The standard InChI is InChI=1S/C24H24FN3O5S/c1-18-7-9-21(10-8-18)34(31,32)28(17-19-4-2-5-20(25)16-19)24(30)27-13-11-26(12-14-27)23(29)22-6-3-15-33-22/h2-10,15-16H,11-14,17H2,1H3. The van der Waals surface area contributed by atoms with E-state index in [9.17, 15) is 22.4 Å². The number of nitrogens with zero attached hydrogens (tertiary/aromatic N) is 3. The zero-order valence-electron chi connectivity index (χ0n) is 18.6. The topological polar surface area (TPSA) is 91.1 Å². The molecule has 10 heteroatoms. The average molecular weight is 486 g/mol. The fourth-order valence-corrected chi connectivity index (χ4v) is 5.08. The molecule has 1 aromatic heterocycles. The Morgan fingerprint density at radius 3 is 2.26 bits per heavy atom. The van der Waals surface area contributed by atoms with Gasteiger partial charge in [0, 0.05) is 26.2 Å². The fraction of sp³-hybridized carbons (Fsp3) is 0.250. The molecule has 178 valence electrons. The maximum Gasteiger partial charge on any atom is 0.334 e. The van der Waals surface area contributed by atoms with Crippen LogP contribution >= 0.6 is 0 Å². The molecule has 4 rings (SSSR count). The molecule has 0 N–H and O–H groups in total. The van der Waals surface area contributed by atoms with E-state index in [4.69, 9.17) is 4.42 Å². The van der Waals surface area contributed by atoms with Gasteiger partial charge in [-0.25, -0.2) is 21.9 Å². The molecule has 34 heavy (non-hydrogen) atoms. The third kappa shape index (κ3) is 4.96. The highest BCUT2D eigenvalue weighted by Gasteiger charge is 2.35. The molecule has 1 aliphatic heterocycles. The molecule has 0 bridgehead atoms. The Hall–Kier alpha value is -3.66. The van der Waals surface area contributed by atoms with Crippen molar-refractivity contribution in [1.29, 1.82) is 0 Å². The fourth-order valence-electron chi connectivity index (χ4n) is 3.71. The molecule has 0 aliphatic carbocycles. The van der Waals surface area contributed by atoms with Gasteiger partial charge in [0.1, 0.15) is 5.82 Å². The number of amides is 3. The maximum atomic E-state index is 13.8. The van der Waals surface area contributed by atoms with Crippen molar-refractivity contribution in [3.8, 4) is 0 Å². The molecule has 0 unspecified atom stereocenters. The SMILES string of the molecule is Cc1ccc(S(=O)(=O)N(Cc2cccc(F)c2)C(=O)N2CCN(C(=O)c3ccco3)CC2)cc1. The minimum Gasteiger partial charge on any atom is -0.459 e. The first-order chi connectivity index (χ1) is 16.3. The van der Waals surface area contributed by atoms with E-state index in [-0.39, 0.29) is 49.3 Å². The zero-order valence-corrected chi connectivity index (χ0v) is 19.4. The number of aryl methyl sites for hydroxylation is 1. The molecule has 3 amide bonds. The van der Waals surface area contributed by atoms with E-state index in [2.05, 4.69) is 0 Å². The van der Waals surface area contributed by atoms with Gasteiger partial charge in [0.05, 0.1) is 17.7 Å². The van der Waals surface area contributed by atoms with Crippen molar-refractivity contribution in [2.45, 2.75) is 18.4 Å². The summed E-state index contributed by atoms with van der Waals surface area (Å²) in [6, 6.07) is 14.1. The van der Waals surface area contributed by atoms with Crippen molar-refractivity contribution >= 4 is 22.0 Å². The third-order valence-electron chi connectivity index (χ3n) is 5.61. The van der Waals surface area contributed by atoms with E-state index in [1.54, 1.807) is 35.2 Å². The Morgan fingerprint density at radius 1 is 0.971 bits per heavy atom. The number of hydrogen-bond acceptors (Lipinski definition) is 5. The van der Waals surface area contributed by atoms with Crippen molar-refractivity contribution in [1.82, 2.24) is 14.1 Å². The van der Waals surface area contributed by atoms with Gasteiger partial charge in [-0.05, 0) is 48.9 Å². The summed E-state index contributed by atoms with van der Waals surface area (Å²) < 4.78 is 46.6. The number of sulfonamides is 1. The second-order valence-corrected chi connectivity index (χ2v) is 9.86. The number of rotatable bonds is 5. The van der Waals surface area contributed by atoms with Crippen LogP contribution in [0.25, 0.3) is 0 Å². The zero-order chi connectivity index (χ0) is 24.3. The minimum absolute atomic E-state index is 0.0329. The van der Waals surface area contributed by atoms with Gasteiger partial charge < -0.3 is 14.2 Å². The molecule has 8 nitrogen and oxygen atoms in total. The van der Waals surface area contributed by atoms with Crippen LogP contribution in [0.15, 0.2) is 76.2 Å². The van der Waals surface area contributed by atoms with Crippen molar-refractivity contribution in [3.05, 3.63) is 89.6 Å². The quantitative estimate of drug-likeness (QED) is 0.552. The normalized spacial score (nSPS) is 14.2. The smallest absolute Gasteiger partial charge is 0.334 e. The lowest BCUT2D eigenvalue weighted by atomic mass is 10.2. The van der Waals surface area contributed by atoms with Gasteiger partial charge in [0.2, 0.25) is 0 Å². The first kappa shape index (κ1) is 23.5. The molecule has 0 saturated carbocycles. The van der Waals surface area contributed by atoms with E-state index < -0.39 is 21.9 Å². The van der Waals surface area contributed by atoms with Gasteiger partial charge >= 0.3 is 6.03 Å². The first-order valence-electron chi connectivity index (χ1n) is 10.7. The Morgan fingerprint density at radius 2 is 1.65 bits per heavy atom. The summed E-state index contributed by atoms with van der Waals surface area (Å²) in [6.45, 7) is 2.25. The van der Waals surface area contributed by atoms with E-state index in [1.165, 1.54) is 41.5 Å². The van der Waals surface area contributed by atoms with Crippen LogP contribution in [0.1, 0.15) is 21.7 Å². The number of halogens is 1. The van der Waals surface area contributed by atoms with Gasteiger partial charge in [0.25, 0.3) is 15.9 Å². The predicted molar refractivity (Wildman–Crippen MR) is 122 cm³/mol. The second-order valence-electron chi connectivity index (χ2n) is 7.99. The molecule has 2 aromatic carbocycles. The van der Waals surface area contributed by atoms with Crippen LogP contribution in [0, 0.1) is 12.7 Å². The third-order valence-corrected chi connectivity index (χ3v) is 7.34. The number of furan rings is 1. The van der Waals surface area contributed by atoms with Crippen LogP contribution in [-0.2, 0) is 16.6 Å².